The topological polar surface area (TPSA) is 109 Å². The van der Waals surface area contributed by atoms with E-state index in [2.05, 4.69) is 5.32 Å². The van der Waals surface area contributed by atoms with E-state index in [0.29, 0.717) is 12.8 Å². The molecule has 0 aliphatic carbocycles. The zero-order valence-corrected chi connectivity index (χ0v) is 11.1. The Labute approximate surface area is 111 Å². The van der Waals surface area contributed by atoms with Crippen LogP contribution in [0.5, 0.6) is 5.75 Å². The van der Waals surface area contributed by atoms with Crippen LogP contribution >= 0.6 is 0 Å². The van der Waals surface area contributed by atoms with E-state index >= 15 is 0 Å². The molecule has 1 fully saturated rings. The van der Waals surface area contributed by atoms with Crippen LogP contribution in [0.4, 0.5) is 5.69 Å². The maximum absolute atomic E-state index is 11.9. The highest BCUT2D eigenvalue weighted by atomic mass is 32.2. The van der Waals surface area contributed by atoms with Gasteiger partial charge in [-0.3, -0.25) is 4.79 Å². The Hall–Kier alpha value is -1.76. The van der Waals surface area contributed by atoms with Crippen LogP contribution in [0, 0.1) is 0 Å². The molecule has 4 N–H and O–H groups in total. The smallest absolute Gasteiger partial charge is 0.251 e. The molecule has 1 aromatic rings. The van der Waals surface area contributed by atoms with Gasteiger partial charge in [-0.2, -0.15) is 0 Å². The van der Waals surface area contributed by atoms with Crippen LogP contribution in [-0.2, 0) is 9.84 Å². The summed E-state index contributed by atoms with van der Waals surface area (Å²) in [6.45, 7) is 0. The minimum Gasteiger partial charge on any atom is -0.506 e. The average Bonchev–Trinajstić information content (AvgIpc) is 2.31. The normalized spacial score (nSPS) is 21.8. The van der Waals surface area contributed by atoms with Crippen LogP contribution < -0.4 is 11.1 Å². The molecule has 0 aromatic heterocycles. The number of hydrogen-bond acceptors (Lipinski definition) is 5. The Kier molecular flexibility index (Phi) is 3.66. The molecule has 1 aromatic carbocycles. The second-order valence-electron chi connectivity index (χ2n) is 4.70. The van der Waals surface area contributed by atoms with Crippen molar-refractivity contribution in [3.8, 4) is 5.75 Å². The number of sulfone groups is 1. The first-order chi connectivity index (χ1) is 8.87. The van der Waals surface area contributed by atoms with Gasteiger partial charge in [-0.15, -0.1) is 0 Å². The second-order valence-corrected chi connectivity index (χ2v) is 6.93. The predicted octanol–water partition coefficient (Wildman–Crippen LogP) is 0.281. The highest BCUT2D eigenvalue weighted by Crippen LogP contribution is 2.21. The van der Waals surface area contributed by atoms with Gasteiger partial charge in [0.1, 0.15) is 5.75 Å². The third-order valence-electron chi connectivity index (χ3n) is 3.09. The lowest BCUT2D eigenvalue weighted by atomic mass is 10.1. The molecule has 0 saturated carbocycles. The minimum absolute atomic E-state index is 0.0281. The van der Waals surface area contributed by atoms with Crippen LogP contribution in [0.25, 0.3) is 0 Å². The van der Waals surface area contributed by atoms with Gasteiger partial charge in [-0.05, 0) is 31.0 Å². The van der Waals surface area contributed by atoms with Gasteiger partial charge in [0.25, 0.3) is 5.91 Å². The molecule has 0 bridgehead atoms. The number of carbonyl (C=O) groups excluding carboxylic acids is 1. The van der Waals surface area contributed by atoms with Crippen molar-refractivity contribution < 1.29 is 18.3 Å². The fourth-order valence-corrected chi connectivity index (χ4v) is 3.73. The number of phenols is 1. The largest absolute Gasteiger partial charge is 0.506 e. The molecule has 1 saturated heterocycles. The molecular weight excluding hydrogens is 268 g/mol. The fourth-order valence-electron chi connectivity index (χ4n) is 2.09. The summed E-state index contributed by atoms with van der Waals surface area (Å²) in [5.74, 6) is -0.414. The Morgan fingerprint density at radius 3 is 2.79 bits per heavy atom. The summed E-state index contributed by atoms with van der Waals surface area (Å²) in [7, 11) is -3.06. The summed E-state index contributed by atoms with van der Waals surface area (Å²) in [5, 5.41) is 12.1. The zero-order valence-electron chi connectivity index (χ0n) is 10.3. The van der Waals surface area contributed by atoms with E-state index in [9.17, 15) is 18.3 Å². The molecule has 0 spiro atoms. The standard InChI is InChI=1S/C12H16N2O4S/c13-10-4-3-8(6-11(10)15)12(16)14-9-2-1-5-19(17,18)7-9/h3-4,6,9,15H,1-2,5,7,13H2,(H,14,16). The molecule has 1 amide bonds. The third-order valence-corrected chi connectivity index (χ3v) is 4.91. The van der Waals surface area contributed by atoms with Gasteiger partial charge in [0, 0.05) is 11.6 Å². The van der Waals surface area contributed by atoms with Crippen molar-refractivity contribution in [2.45, 2.75) is 18.9 Å². The van der Waals surface area contributed by atoms with E-state index in [1.165, 1.54) is 18.2 Å². The summed E-state index contributed by atoms with van der Waals surface area (Å²) in [5.41, 5.74) is 5.90. The number of nitrogens with two attached hydrogens (primary N) is 1. The van der Waals surface area contributed by atoms with Crippen LogP contribution in [-0.4, -0.2) is 37.0 Å². The number of anilines is 1. The maximum Gasteiger partial charge on any atom is 0.251 e. The van der Waals surface area contributed by atoms with E-state index in [-0.39, 0.29) is 34.5 Å². The number of nitrogens with one attached hydrogen (secondary N) is 1. The molecule has 1 unspecified atom stereocenters. The average molecular weight is 284 g/mol. The molecule has 6 nitrogen and oxygen atoms in total. The lowest BCUT2D eigenvalue weighted by Crippen LogP contribution is -2.43. The van der Waals surface area contributed by atoms with E-state index in [1.807, 2.05) is 0 Å². The number of nitrogen functional groups attached to an aromatic ring is 1. The number of aromatic hydroxyl groups is 1. The van der Waals surface area contributed by atoms with Crippen molar-refractivity contribution in [3.63, 3.8) is 0 Å². The van der Waals surface area contributed by atoms with E-state index in [1.54, 1.807) is 0 Å². The number of rotatable bonds is 2. The SMILES string of the molecule is Nc1ccc(C(=O)NC2CCCS(=O)(=O)C2)cc1O. The molecule has 19 heavy (non-hydrogen) atoms. The number of carbonyl (C=O) groups is 1. The molecule has 0 radical (unpaired) electrons. The monoisotopic (exact) mass is 284 g/mol. The lowest BCUT2D eigenvalue weighted by molar-refractivity contribution is 0.0938. The van der Waals surface area contributed by atoms with Crippen molar-refractivity contribution >= 4 is 21.4 Å². The predicted molar refractivity (Wildman–Crippen MR) is 71.7 cm³/mol. The van der Waals surface area contributed by atoms with Crippen molar-refractivity contribution in [2.24, 2.45) is 0 Å². The molecule has 1 atom stereocenters. The van der Waals surface area contributed by atoms with Gasteiger partial charge in [-0.1, -0.05) is 0 Å². The summed E-state index contributed by atoms with van der Waals surface area (Å²) >= 11 is 0. The van der Waals surface area contributed by atoms with E-state index in [0.717, 1.165) is 0 Å². The Balaban J connectivity index is 2.06. The summed E-state index contributed by atoms with van der Waals surface area (Å²) in [6, 6.07) is 3.82. The van der Waals surface area contributed by atoms with Crippen molar-refractivity contribution in [2.75, 3.05) is 17.2 Å². The van der Waals surface area contributed by atoms with Gasteiger partial charge >= 0.3 is 0 Å². The highest BCUT2D eigenvalue weighted by molar-refractivity contribution is 7.91. The second kappa shape index (κ2) is 5.08. The molecule has 2 rings (SSSR count). The summed E-state index contributed by atoms with van der Waals surface area (Å²) in [6.07, 6.45) is 1.20. The molecule has 1 aliphatic heterocycles. The number of hydrogen-bond donors (Lipinski definition) is 3. The Morgan fingerprint density at radius 2 is 2.16 bits per heavy atom. The first-order valence-electron chi connectivity index (χ1n) is 5.97. The van der Waals surface area contributed by atoms with Crippen molar-refractivity contribution in [1.82, 2.24) is 5.32 Å². The molecule has 1 aliphatic rings. The molecule has 7 heteroatoms. The van der Waals surface area contributed by atoms with Gasteiger partial charge in [0.2, 0.25) is 0 Å². The fraction of sp³-hybridized carbons (Fsp3) is 0.417. The lowest BCUT2D eigenvalue weighted by Gasteiger charge is -2.23. The quantitative estimate of drug-likeness (QED) is 0.534. The van der Waals surface area contributed by atoms with Crippen molar-refractivity contribution in [1.29, 1.82) is 0 Å². The van der Waals surface area contributed by atoms with Gasteiger partial charge in [-0.25, -0.2) is 8.42 Å². The molecule has 104 valence electrons. The summed E-state index contributed by atoms with van der Waals surface area (Å²) in [4.78, 5) is 11.9. The van der Waals surface area contributed by atoms with Crippen LogP contribution in [0.15, 0.2) is 18.2 Å². The van der Waals surface area contributed by atoms with E-state index < -0.39 is 15.7 Å². The number of benzene rings is 1. The molecule has 1 heterocycles. The Bertz CT molecular complexity index is 598. The Morgan fingerprint density at radius 1 is 1.42 bits per heavy atom. The van der Waals surface area contributed by atoms with Crippen LogP contribution in [0.2, 0.25) is 0 Å². The number of amides is 1. The molecular formula is C12H16N2O4S. The van der Waals surface area contributed by atoms with Gasteiger partial charge < -0.3 is 16.2 Å². The minimum atomic E-state index is -3.06. The highest BCUT2D eigenvalue weighted by Gasteiger charge is 2.26. The third kappa shape index (κ3) is 3.37. The van der Waals surface area contributed by atoms with Crippen molar-refractivity contribution in [3.05, 3.63) is 23.8 Å². The van der Waals surface area contributed by atoms with E-state index in [4.69, 9.17) is 5.73 Å². The first kappa shape index (κ1) is 13.7. The maximum atomic E-state index is 11.9. The first-order valence-corrected chi connectivity index (χ1v) is 7.79. The summed E-state index contributed by atoms with van der Waals surface area (Å²) < 4.78 is 22.9. The van der Waals surface area contributed by atoms with Gasteiger partial charge in [0.15, 0.2) is 9.84 Å². The van der Waals surface area contributed by atoms with Crippen LogP contribution in [0.3, 0.4) is 0 Å². The number of phenolic OH excluding ortho intramolecular Hbond substituents is 1. The zero-order chi connectivity index (χ0) is 14.0. The van der Waals surface area contributed by atoms with Crippen LogP contribution in [0.1, 0.15) is 23.2 Å². The van der Waals surface area contributed by atoms with Gasteiger partial charge in [0.05, 0.1) is 17.2 Å².